The number of para-hydroxylation sites is 2. The molecule has 234 valence electrons. The monoisotopic (exact) mass is 604 g/mol. The Hall–Kier alpha value is -4.68. The third kappa shape index (κ3) is 7.44. The molecule has 0 bridgehead atoms. The number of carbonyl (C=O) groups is 4. The van der Waals surface area contributed by atoms with Gasteiger partial charge in [0, 0.05) is 47.0 Å². The van der Waals surface area contributed by atoms with E-state index in [-0.39, 0.29) is 18.8 Å². The number of aromatic amines is 2. The van der Waals surface area contributed by atoms with Crippen molar-refractivity contribution in [2.45, 2.75) is 70.3 Å². The average Bonchev–Trinajstić information content (AvgIpc) is 3.61. The van der Waals surface area contributed by atoms with Crippen LogP contribution in [0.1, 0.15) is 38.3 Å². The second kappa shape index (κ2) is 14.2. The summed E-state index contributed by atoms with van der Waals surface area (Å²) in [6, 6.07) is 10.2. The van der Waals surface area contributed by atoms with Gasteiger partial charge in [0.05, 0.1) is 6.10 Å². The van der Waals surface area contributed by atoms with E-state index in [1.807, 2.05) is 55.5 Å². The minimum Gasteiger partial charge on any atom is -0.480 e. The number of fused-ring (bicyclic) bond motifs is 2. The number of H-pyrrole nitrogens is 2. The summed E-state index contributed by atoms with van der Waals surface area (Å²) in [6.07, 6.45) is 2.94. The molecule has 0 aliphatic heterocycles. The van der Waals surface area contributed by atoms with Crippen LogP contribution >= 0.6 is 0 Å². The molecule has 0 saturated heterocycles. The van der Waals surface area contributed by atoms with Gasteiger partial charge in [0.25, 0.3) is 0 Å². The van der Waals surface area contributed by atoms with Crippen molar-refractivity contribution in [1.82, 2.24) is 25.9 Å². The predicted molar refractivity (Wildman–Crippen MR) is 167 cm³/mol. The number of carboxylic acids is 1. The number of aliphatic hydroxyl groups excluding tert-OH is 1. The minimum atomic E-state index is -1.29. The van der Waals surface area contributed by atoms with Gasteiger partial charge in [-0.3, -0.25) is 14.4 Å². The summed E-state index contributed by atoms with van der Waals surface area (Å²) in [7, 11) is 0. The number of nitrogens with two attached hydrogens (primary N) is 1. The molecule has 3 amide bonds. The van der Waals surface area contributed by atoms with Crippen LogP contribution < -0.4 is 21.7 Å². The first-order chi connectivity index (χ1) is 21.0. The fourth-order valence-electron chi connectivity index (χ4n) is 5.16. The molecule has 0 radical (unpaired) electrons. The Morgan fingerprint density at radius 2 is 1.23 bits per heavy atom. The zero-order chi connectivity index (χ0) is 32.0. The summed E-state index contributed by atoms with van der Waals surface area (Å²) in [5, 5.41) is 29.4. The van der Waals surface area contributed by atoms with Crippen molar-refractivity contribution in [3.63, 3.8) is 0 Å². The van der Waals surface area contributed by atoms with Gasteiger partial charge in [0.1, 0.15) is 24.2 Å². The van der Waals surface area contributed by atoms with Crippen LogP contribution in [0.25, 0.3) is 21.8 Å². The average molecular weight is 605 g/mol. The lowest BCUT2D eigenvalue weighted by Gasteiger charge is -2.27. The Labute approximate surface area is 254 Å². The Balaban J connectivity index is 1.66. The summed E-state index contributed by atoms with van der Waals surface area (Å²) in [5.41, 5.74) is 9.03. The van der Waals surface area contributed by atoms with Crippen molar-refractivity contribution in [1.29, 1.82) is 0 Å². The van der Waals surface area contributed by atoms with Crippen LogP contribution in [0, 0.1) is 5.92 Å². The normalized spacial score (nSPS) is 15.6. The number of hydrogen-bond donors (Lipinski definition) is 8. The number of hydrogen-bond acceptors (Lipinski definition) is 6. The minimum absolute atomic E-state index is 0.0510. The van der Waals surface area contributed by atoms with Crippen LogP contribution in [-0.4, -0.2) is 74.1 Å². The molecule has 12 heteroatoms. The largest absolute Gasteiger partial charge is 0.480 e. The summed E-state index contributed by atoms with van der Waals surface area (Å²) < 4.78 is 0. The molecule has 0 saturated carbocycles. The van der Waals surface area contributed by atoms with Crippen LogP contribution in [0.5, 0.6) is 0 Å². The smallest absolute Gasteiger partial charge is 0.326 e. The fourth-order valence-corrected chi connectivity index (χ4v) is 5.16. The molecule has 2 aromatic carbocycles. The van der Waals surface area contributed by atoms with Crippen LogP contribution in [-0.2, 0) is 32.0 Å². The molecule has 12 nitrogen and oxygen atoms in total. The topological polar surface area (TPSA) is 202 Å². The molecular formula is C32H40N6O6. The van der Waals surface area contributed by atoms with E-state index >= 15 is 0 Å². The number of aliphatic carboxylic acids is 1. The SMILES string of the molecule is CCC(C)C(NC(=O)C(Cc1c[nH]c2ccccc12)NC(=O)C(Cc1c[nH]c2ccccc12)NC(=O)C(N)C(C)O)C(=O)O. The van der Waals surface area contributed by atoms with Crippen molar-refractivity contribution in [3.8, 4) is 0 Å². The number of aromatic nitrogens is 2. The number of rotatable bonds is 14. The van der Waals surface area contributed by atoms with E-state index in [2.05, 4.69) is 25.9 Å². The summed E-state index contributed by atoms with van der Waals surface area (Å²) in [4.78, 5) is 58.8. The van der Waals surface area contributed by atoms with Crippen molar-refractivity contribution in [2.75, 3.05) is 0 Å². The molecule has 0 fully saturated rings. The van der Waals surface area contributed by atoms with E-state index in [0.29, 0.717) is 6.42 Å². The van der Waals surface area contributed by atoms with E-state index in [4.69, 9.17) is 5.73 Å². The zero-order valence-corrected chi connectivity index (χ0v) is 25.0. The van der Waals surface area contributed by atoms with Crippen molar-refractivity contribution in [2.24, 2.45) is 11.7 Å². The van der Waals surface area contributed by atoms with Crippen LogP contribution in [0.15, 0.2) is 60.9 Å². The van der Waals surface area contributed by atoms with E-state index in [0.717, 1.165) is 32.9 Å². The quantitative estimate of drug-likeness (QED) is 0.107. The second-order valence-corrected chi connectivity index (χ2v) is 11.2. The Bertz CT molecular complexity index is 1630. The van der Waals surface area contributed by atoms with Gasteiger partial charge in [-0.15, -0.1) is 0 Å². The Morgan fingerprint density at radius 3 is 1.68 bits per heavy atom. The highest BCUT2D eigenvalue weighted by atomic mass is 16.4. The van der Waals surface area contributed by atoms with Crippen LogP contribution in [0.3, 0.4) is 0 Å². The van der Waals surface area contributed by atoms with Gasteiger partial charge < -0.3 is 41.9 Å². The van der Waals surface area contributed by atoms with Crippen molar-refractivity contribution in [3.05, 3.63) is 72.1 Å². The first-order valence-corrected chi connectivity index (χ1v) is 14.7. The molecule has 2 aromatic heterocycles. The Kier molecular flexibility index (Phi) is 10.4. The van der Waals surface area contributed by atoms with E-state index in [9.17, 15) is 29.4 Å². The van der Waals surface area contributed by atoms with Gasteiger partial charge in [0.15, 0.2) is 0 Å². The molecule has 6 atom stereocenters. The second-order valence-electron chi connectivity index (χ2n) is 11.2. The first-order valence-electron chi connectivity index (χ1n) is 14.7. The molecule has 0 aliphatic rings. The number of benzene rings is 2. The van der Waals surface area contributed by atoms with E-state index < -0.39 is 54.0 Å². The number of aliphatic hydroxyl groups is 1. The maximum Gasteiger partial charge on any atom is 0.326 e. The van der Waals surface area contributed by atoms with Gasteiger partial charge in [0.2, 0.25) is 17.7 Å². The lowest BCUT2D eigenvalue weighted by atomic mass is 9.97. The molecular weight excluding hydrogens is 564 g/mol. The third-order valence-corrected chi connectivity index (χ3v) is 8.06. The van der Waals surface area contributed by atoms with E-state index in [1.165, 1.54) is 6.92 Å². The molecule has 44 heavy (non-hydrogen) atoms. The molecule has 2 heterocycles. The summed E-state index contributed by atoms with van der Waals surface area (Å²) in [5.74, 6) is -3.62. The number of carbonyl (C=O) groups excluding carboxylic acids is 3. The zero-order valence-electron chi connectivity index (χ0n) is 25.0. The first kappa shape index (κ1) is 32.2. The standard InChI is InChI=1S/C32H40N6O6/c1-4-17(2)28(32(43)44)38-30(41)26(14-20-16-35-24-12-8-6-10-22(20)24)36-29(40)25(37-31(42)27(33)18(3)39)13-19-15-34-23-11-7-5-9-21(19)23/h5-12,15-18,25-28,34-35,39H,4,13-14,33H2,1-3H3,(H,36,40)(H,37,42)(H,38,41)(H,43,44). The van der Waals surface area contributed by atoms with Gasteiger partial charge in [-0.25, -0.2) is 4.79 Å². The molecule has 0 spiro atoms. The number of nitrogens with one attached hydrogen (secondary N) is 5. The van der Waals surface area contributed by atoms with E-state index in [1.54, 1.807) is 19.3 Å². The molecule has 6 unspecified atom stereocenters. The van der Waals surface area contributed by atoms with Crippen molar-refractivity contribution < 1.29 is 29.4 Å². The van der Waals surface area contributed by atoms with Gasteiger partial charge in [-0.1, -0.05) is 56.7 Å². The van der Waals surface area contributed by atoms with Crippen molar-refractivity contribution >= 4 is 45.5 Å². The summed E-state index contributed by atoms with van der Waals surface area (Å²) in [6.45, 7) is 4.93. The Morgan fingerprint density at radius 1 is 0.773 bits per heavy atom. The lowest BCUT2D eigenvalue weighted by molar-refractivity contribution is -0.143. The lowest BCUT2D eigenvalue weighted by Crippen LogP contribution is -2.59. The third-order valence-electron chi connectivity index (χ3n) is 8.06. The van der Waals surface area contributed by atoms with Crippen LogP contribution in [0.4, 0.5) is 0 Å². The highest BCUT2D eigenvalue weighted by Crippen LogP contribution is 2.21. The maximum atomic E-state index is 13.9. The highest BCUT2D eigenvalue weighted by Gasteiger charge is 2.33. The summed E-state index contributed by atoms with van der Waals surface area (Å²) >= 11 is 0. The number of amides is 3. The number of carboxylic acid groups (broad SMARTS) is 1. The fraction of sp³-hybridized carbons (Fsp3) is 0.375. The molecule has 4 aromatic rings. The predicted octanol–water partition coefficient (Wildman–Crippen LogP) is 1.73. The van der Waals surface area contributed by atoms with Gasteiger partial charge in [-0.2, -0.15) is 0 Å². The molecule has 0 aliphatic carbocycles. The van der Waals surface area contributed by atoms with Crippen LogP contribution in [0.2, 0.25) is 0 Å². The van der Waals surface area contributed by atoms with Gasteiger partial charge in [-0.05, 0) is 36.1 Å². The molecule has 4 rings (SSSR count). The van der Waals surface area contributed by atoms with Gasteiger partial charge >= 0.3 is 5.97 Å². The molecule has 9 N–H and O–H groups in total. The maximum absolute atomic E-state index is 13.9. The highest BCUT2D eigenvalue weighted by molar-refractivity contribution is 5.95.